The van der Waals surface area contributed by atoms with Gasteiger partial charge >= 0.3 is 6.03 Å². The molecule has 7 nitrogen and oxygen atoms in total. The average Bonchev–Trinajstić information content (AvgIpc) is 3.31. The van der Waals surface area contributed by atoms with E-state index in [1.54, 1.807) is 17.1 Å². The maximum atomic E-state index is 12.6. The van der Waals surface area contributed by atoms with Crippen molar-refractivity contribution in [3.8, 4) is 0 Å². The Balaban J connectivity index is 1.34. The number of anilines is 1. The molecule has 7 heteroatoms. The highest BCUT2D eigenvalue weighted by molar-refractivity contribution is 5.89. The molecule has 0 saturated carbocycles. The lowest BCUT2D eigenvalue weighted by Crippen LogP contribution is -2.36. The largest absolute Gasteiger partial charge is 0.324 e. The van der Waals surface area contributed by atoms with Gasteiger partial charge in [0.2, 0.25) is 0 Å². The van der Waals surface area contributed by atoms with E-state index in [0.29, 0.717) is 12.0 Å². The minimum Gasteiger partial charge on any atom is -0.324 e. The van der Waals surface area contributed by atoms with Gasteiger partial charge in [-0.2, -0.15) is 5.10 Å². The summed E-state index contributed by atoms with van der Waals surface area (Å²) in [5, 5.41) is 7.29. The molecule has 2 aliphatic heterocycles. The van der Waals surface area contributed by atoms with Crippen LogP contribution in [0.2, 0.25) is 0 Å². The predicted octanol–water partition coefficient (Wildman–Crippen LogP) is 1.89. The number of hydrogen-bond acceptors (Lipinski definition) is 4. The van der Waals surface area contributed by atoms with Gasteiger partial charge in [-0.3, -0.25) is 9.67 Å². The lowest BCUT2D eigenvalue weighted by molar-refractivity contribution is 0.212. The Labute approximate surface area is 147 Å². The van der Waals surface area contributed by atoms with Crippen molar-refractivity contribution in [2.24, 2.45) is 5.41 Å². The third kappa shape index (κ3) is 3.51. The number of nitrogens with zero attached hydrogens (tertiary/aromatic N) is 5. The number of carbonyl (C=O) groups is 1. The maximum absolute atomic E-state index is 12.6. The van der Waals surface area contributed by atoms with Crippen LogP contribution in [0.3, 0.4) is 0 Å². The molecular formula is C18H24N6O. The molecule has 0 radical (unpaired) electrons. The summed E-state index contributed by atoms with van der Waals surface area (Å²) in [6.45, 7) is 4.51. The van der Waals surface area contributed by atoms with Crippen molar-refractivity contribution in [3.63, 3.8) is 0 Å². The van der Waals surface area contributed by atoms with E-state index < -0.39 is 0 Å². The van der Waals surface area contributed by atoms with E-state index in [1.165, 1.54) is 6.42 Å². The number of nitrogens with one attached hydrogen (secondary N) is 1. The van der Waals surface area contributed by atoms with Gasteiger partial charge in [-0.15, -0.1) is 0 Å². The van der Waals surface area contributed by atoms with Gasteiger partial charge in [-0.25, -0.2) is 4.79 Å². The van der Waals surface area contributed by atoms with E-state index in [9.17, 15) is 4.79 Å². The minimum atomic E-state index is -0.0242. The van der Waals surface area contributed by atoms with Gasteiger partial charge in [0.15, 0.2) is 0 Å². The van der Waals surface area contributed by atoms with Gasteiger partial charge in [0.1, 0.15) is 0 Å². The SMILES string of the molecule is CN1CCC2(CCN(C(=O)Nc3cnn(Cc4ccccn4)c3)C2)C1. The van der Waals surface area contributed by atoms with Crippen molar-refractivity contribution in [2.45, 2.75) is 19.4 Å². The highest BCUT2D eigenvalue weighted by atomic mass is 16.2. The zero-order valence-corrected chi connectivity index (χ0v) is 14.6. The Kier molecular flexibility index (Phi) is 4.17. The van der Waals surface area contributed by atoms with Crippen molar-refractivity contribution >= 4 is 11.7 Å². The second-order valence-corrected chi connectivity index (χ2v) is 7.34. The van der Waals surface area contributed by atoms with Gasteiger partial charge in [0.25, 0.3) is 0 Å². The topological polar surface area (TPSA) is 66.3 Å². The molecule has 0 aliphatic carbocycles. The third-order valence-electron chi connectivity index (χ3n) is 5.29. The second-order valence-electron chi connectivity index (χ2n) is 7.34. The number of amides is 2. The van der Waals surface area contributed by atoms with Crippen molar-refractivity contribution < 1.29 is 4.79 Å². The quantitative estimate of drug-likeness (QED) is 0.926. The Hall–Kier alpha value is -2.41. The van der Waals surface area contributed by atoms with Crippen LogP contribution in [0.5, 0.6) is 0 Å². The van der Waals surface area contributed by atoms with Crippen LogP contribution in [-0.2, 0) is 6.54 Å². The summed E-state index contributed by atoms with van der Waals surface area (Å²) in [7, 11) is 2.16. The molecule has 0 bridgehead atoms. The highest BCUT2D eigenvalue weighted by Crippen LogP contribution is 2.38. The average molecular weight is 340 g/mol. The summed E-state index contributed by atoms with van der Waals surface area (Å²) >= 11 is 0. The number of rotatable bonds is 3. The molecule has 25 heavy (non-hydrogen) atoms. The fraction of sp³-hybridized carbons (Fsp3) is 0.500. The first-order chi connectivity index (χ1) is 12.1. The van der Waals surface area contributed by atoms with E-state index in [2.05, 4.69) is 27.3 Å². The zero-order valence-electron chi connectivity index (χ0n) is 14.6. The van der Waals surface area contributed by atoms with Crippen molar-refractivity contribution in [1.82, 2.24) is 24.6 Å². The van der Waals surface area contributed by atoms with E-state index in [-0.39, 0.29) is 6.03 Å². The van der Waals surface area contributed by atoms with E-state index in [0.717, 1.165) is 44.0 Å². The molecule has 1 N–H and O–H groups in total. The molecule has 4 rings (SSSR count). The lowest BCUT2D eigenvalue weighted by Gasteiger charge is -2.23. The van der Waals surface area contributed by atoms with Gasteiger partial charge in [0, 0.05) is 37.4 Å². The molecule has 2 fully saturated rings. The first-order valence-electron chi connectivity index (χ1n) is 8.79. The van der Waals surface area contributed by atoms with Crippen LogP contribution >= 0.6 is 0 Å². The van der Waals surface area contributed by atoms with Crippen molar-refractivity contribution in [3.05, 3.63) is 42.5 Å². The van der Waals surface area contributed by atoms with Gasteiger partial charge in [-0.1, -0.05) is 6.07 Å². The molecule has 2 aromatic heterocycles. The minimum absolute atomic E-state index is 0.0242. The molecule has 2 amide bonds. The smallest absolute Gasteiger partial charge is 0.321 e. The molecule has 1 atom stereocenters. The predicted molar refractivity (Wildman–Crippen MR) is 95.3 cm³/mol. The summed E-state index contributed by atoms with van der Waals surface area (Å²) in [6, 6.07) is 5.78. The standard InChI is InChI=1S/C18H24N6O/c1-22-8-5-18(13-22)6-9-23(14-18)17(25)21-16-10-20-24(12-16)11-15-4-2-3-7-19-15/h2-4,7,10,12H,5-6,8-9,11,13-14H2,1H3,(H,21,25). The highest BCUT2D eigenvalue weighted by Gasteiger charge is 2.43. The zero-order chi connectivity index (χ0) is 17.3. The number of hydrogen-bond donors (Lipinski definition) is 1. The summed E-state index contributed by atoms with van der Waals surface area (Å²) in [4.78, 5) is 21.2. The second kappa shape index (κ2) is 6.48. The Morgan fingerprint density at radius 2 is 2.16 bits per heavy atom. The van der Waals surface area contributed by atoms with Crippen LogP contribution in [0.1, 0.15) is 18.5 Å². The summed E-state index contributed by atoms with van der Waals surface area (Å²) in [5.41, 5.74) is 1.97. The summed E-state index contributed by atoms with van der Waals surface area (Å²) in [6.07, 6.45) is 7.60. The molecule has 1 unspecified atom stereocenters. The van der Waals surface area contributed by atoms with Crippen LogP contribution in [0.4, 0.5) is 10.5 Å². The van der Waals surface area contributed by atoms with Gasteiger partial charge in [-0.05, 0) is 38.6 Å². The molecular weight excluding hydrogens is 316 g/mol. The molecule has 1 spiro atoms. The molecule has 132 valence electrons. The van der Waals surface area contributed by atoms with Crippen LogP contribution in [-0.4, -0.2) is 63.8 Å². The molecule has 2 saturated heterocycles. The molecule has 0 aromatic carbocycles. The third-order valence-corrected chi connectivity index (χ3v) is 5.29. The number of likely N-dealkylation sites (tertiary alicyclic amines) is 2. The summed E-state index contributed by atoms with van der Waals surface area (Å²) in [5.74, 6) is 0. The number of pyridine rings is 1. The van der Waals surface area contributed by atoms with Gasteiger partial charge in [0.05, 0.1) is 24.1 Å². The summed E-state index contributed by atoms with van der Waals surface area (Å²) < 4.78 is 1.79. The number of aromatic nitrogens is 3. The van der Waals surface area contributed by atoms with Crippen LogP contribution < -0.4 is 5.32 Å². The van der Waals surface area contributed by atoms with Crippen LogP contribution in [0, 0.1) is 5.41 Å². The van der Waals surface area contributed by atoms with Crippen molar-refractivity contribution in [2.75, 3.05) is 38.5 Å². The monoisotopic (exact) mass is 340 g/mol. The van der Waals surface area contributed by atoms with Gasteiger partial charge < -0.3 is 15.1 Å². The first-order valence-corrected chi connectivity index (χ1v) is 8.79. The fourth-order valence-electron chi connectivity index (χ4n) is 3.98. The Bertz CT molecular complexity index is 745. The normalized spacial score (nSPS) is 23.5. The van der Waals surface area contributed by atoms with Crippen molar-refractivity contribution in [1.29, 1.82) is 0 Å². The van der Waals surface area contributed by atoms with E-state index in [1.807, 2.05) is 29.3 Å². The van der Waals surface area contributed by atoms with Crippen LogP contribution in [0.15, 0.2) is 36.8 Å². The molecule has 2 aliphatic rings. The molecule has 2 aromatic rings. The number of carbonyl (C=O) groups excluding carboxylic acids is 1. The van der Waals surface area contributed by atoms with E-state index >= 15 is 0 Å². The molecule has 4 heterocycles. The Morgan fingerprint density at radius 1 is 1.28 bits per heavy atom. The fourth-order valence-corrected chi connectivity index (χ4v) is 3.98. The lowest BCUT2D eigenvalue weighted by atomic mass is 9.86. The maximum Gasteiger partial charge on any atom is 0.321 e. The first kappa shape index (κ1) is 16.1. The van der Waals surface area contributed by atoms with Crippen LogP contribution in [0.25, 0.3) is 0 Å². The Morgan fingerprint density at radius 3 is 2.92 bits per heavy atom. The van der Waals surface area contributed by atoms with E-state index in [4.69, 9.17) is 0 Å². The number of urea groups is 1.